The fourth-order valence-electron chi connectivity index (χ4n) is 3.21. The number of nitrogens with zero attached hydrogens (tertiary/aromatic N) is 3. The predicted octanol–water partition coefficient (Wildman–Crippen LogP) is 3.67. The third kappa shape index (κ3) is 3.14. The highest BCUT2D eigenvalue weighted by Gasteiger charge is 2.27. The van der Waals surface area contributed by atoms with Gasteiger partial charge in [-0.1, -0.05) is 12.8 Å². The van der Waals surface area contributed by atoms with E-state index in [1.807, 2.05) is 6.20 Å². The lowest BCUT2D eigenvalue weighted by Gasteiger charge is -2.38. The highest BCUT2D eigenvalue weighted by molar-refractivity contribution is 9.11. The van der Waals surface area contributed by atoms with Crippen molar-refractivity contribution in [3.63, 3.8) is 0 Å². The topological polar surface area (TPSA) is 19.4 Å². The summed E-state index contributed by atoms with van der Waals surface area (Å²) in [6, 6.07) is 2.93. The number of pyridine rings is 1. The predicted molar refractivity (Wildman–Crippen MR) is 85.7 cm³/mol. The van der Waals surface area contributed by atoms with Gasteiger partial charge in [0.2, 0.25) is 0 Å². The van der Waals surface area contributed by atoms with Crippen molar-refractivity contribution in [2.45, 2.75) is 31.7 Å². The summed E-state index contributed by atoms with van der Waals surface area (Å²) in [5.41, 5.74) is 0. The quantitative estimate of drug-likeness (QED) is 0.770. The van der Waals surface area contributed by atoms with Gasteiger partial charge < -0.3 is 4.90 Å². The average Bonchev–Trinajstić information content (AvgIpc) is 2.93. The first-order valence-corrected chi connectivity index (χ1v) is 8.63. The van der Waals surface area contributed by atoms with Gasteiger partial charge in [-0.15, -0.1) is 0 Å². The molecule has 0 aromatic carbocycles. The lowest BCUT2D eigenvalue weighted by atomic mass is 10.2. The summed E-state index contributed by atoms with van der Waals surface area (Å²) in [4.78, 5) is 9.61. The molecule has 0 unspecified atom stereocenters. The molecular formula is C14H19Br2N3. The fraction of sp³-hybridized carbons (Fsp3) is 0.643. The van der Waals surface area contributed by atoms with Gasteiger partial charge in [-0.3, -0.25) is 4.90 Å². The smallest absolute Gasteiger partial charge is 0.143 e. The molecule has 1 aliphatic heterocycles. The number of anilines is 1. The summed E-state index contributed by atoms with van der Waals surface area (Å²) in [5, 5.41) is 0. The second-order valence-electron chi connectivity index (χ2n) is 5.42. The zero-order valence-corrected chi connectivity index (χ0v) is 14.2. The van der Waals surface area contributed by atoms with Gasteiger partial charge in [0.05, 0.1) is 4.47 Å². The molecule has 0 spiro atoms. The Bertz CT molecular complexity index is 438. The molecule has 19 heavy (non-hydrogen) atoms. The van der Waals surface area contributed by atoms with Crippen LogP contribution < -0.4 is 4.90 Å². The average molecular weight is 389 g/mol. The molecule has 1 aromatic rings. The van der Waals surface area contributed by atoms with Crippen LogP contribution in [0.15, 0.2) is 21.2 Å². The fourth-order valence-corrected chi connectivity index (χ4v) is 4.45. The van der Waals surface area contributed by atoms with E-state index < -0.39 is 0 Å². The molecule has 1 aromatic heterocycles. The van der Waals surface area contributed by atoms with Gasteiger partial charge in [0.1, 0.15) is 5.82 Å². The minimum absolute atomic E-state index is 0.850. The summed E-state index contributed by atoms with van der Waals surface area (Å²) >= 11 is 7.07. The van der Waals surface area contributed by atoms with E-state index in [-0.39, 0.29) is 0 Å². The third-order valence-electron chi connectivity index (χ3n) is 4.24. The zero-order valence-electron chi connectivity index (χ0n) is 11.0. The van der Waals surface area contributed by atoms with Crippen molar-refractivity contribution in [1.29, 1.82) is 0 Å². The Morgan fingerprint density at radius 2 is 1.74 bits per heavy atom. The molecule has 0 atom stereocenters. The molecule has 1 saturated carbocycles. The van der Waals surface area contributed by atoms with E-state index in [9.17, 15) is 0 Å². The van der Waals surface area contributed by atoms with E-state index in [1.165, 1.54) is 38.8 Å². The second-order valence-corrected chi connectivity index (χ2v) is 7.19. The van der Waals surface area contributed by atoms with Crippen molar-refractivity contribution in [3.8, 4) is 0 Å². The van der Waals surface area contributed by atoms with Crippen LogP contribution >= 0.6 is 31.9 Å². The summed E-state index contributed by atoms with van der Waals surface area (Å²) in [6.45, 7) is 4.52. The van der Waals surface area contributed by atoms with Crippen LogP contribution in [0.1, 0.15) is 25.7 Å². The number of rotatable bonds is 2. The van der Waals surface area contributed by atoms with Crippen molar-refractivity contribution in [2.24, 2.45) is 0 Å². The van der Waals surface area contributed by atoms with Crippen molar-refractivity contribution >= 4 is 37.7 Å². The van der Waals surface area contributed by atoms with Crippen molar-refractivity contribution in [2.75, 3.05) is 31.1 Å². The molecule has 5 heteroatoms. The van der Waals surface area contributed by atoms with E-state index in [1.54, 1.807) is 0 Å². The van der Waals surface area contributed by atoms with Crippen LogP contribution in [0.4, 0.5) is 5.82 Å². The van der Waals surface area contributed by atoms with Gasteiger partial charge in [0.25, 0.3) is 0 Å². The van der Waals surface area contributed by atoms with Crippen LogP contribution in [-0.4, -0.2) is 42.1 Å². The molecule has 104 valence electrons. The Balaban J connectivity index is 1.63. The standard InChI is InChI=1S/C14H19Br2N3/c15-11-9-13(16)14(17-10-11)19-7-5-18(6-8-19)12-3-1-2-4-12/h9-10,12H,1-8H2. The van der Waals surface area contributed by atoms with E-state index in [2.05, 4.69) is 52.7 Å². The maximum absolute atomic E-state index is 4.54. The second kappa shape index (κ2) is 6.10. The van der Waals surface area contributed by atoms with Crippen molar-refractivity contribution in [3.05, 3.63) is 21.2 Å². The largest absolute Gasteiger partial charge is 0.353 e. The first kappa shape index (κ1) is 13.8. The van der Waals surface area contributed by atoms with Crippen LogP contribution in [0, 0.1) is 0 Å². The summed E-state index contributed by atoms with van der Waals surface area (Å²) in [5.74, 6) is 1.08. The lowest BCUT2D eigenvalue weighted by Crippen LogP contribution is -2.50. The maximum atomic E-state index is 4.54. The van der Waals surface area contributed by atoms with Crippen molar-refractivity contribution < 1.29 is 0 Å². The molecule has 3 rings (SSSR count). The number of hydrogen-bond acceptors (Lipinski definition) is 3. The van der Waals surface area contributed by atoms with E-state index in [0.717, 1.165) is 33.9 Å². The van der Waals surface area contributed by atoms with Crippen LogP contribution in [0.2, 0.25) is 0 Å². The maximum Gasteiger partial charge on any atom is 0.143 e. The first-order chi connectivity index (χ1) is 9.24. The third-order valence-corrected chi connectivity index (χ3v) is 5.26. The van der Waals surface area contributed by atoms with Gasteiger partial charge in [-0.2, -0.15) is 0 Å². The lowest BCUT2D eigenvalue weighted by molar-refractivity contribution is 0.187. The molecule has 3 nitrogen and oxygen atoms in total. The minimum Gasteiger partial charge on any atom is -0.353 e. The number of aromatic nitrogens is 1. The summed E-state index contributed by atoms with van der Waals surface area (Å²) in [7, 11) is 0. The van der Waals surface area contributed by atoms with Crippen LogP contribution in [0.5, 0.6) is 0 Å². The Kier molecular flexibility index (Phi) is 4.44. The number of hydrogen-bond donors (Lipinski definition) is 0. The van der Waals surface area contributed by atoms with E-state index in [4.69, 9.17) is 0 Å². The molecule has 2 fully saturated rings. The normalized spacial score (nSPS) is 22.1. The number of halogens is 2. The molecular weight excluding hydrogens is 370 g/mol. The molecule has 0 N–H and O–H groups in total. The summed E-state index contributed by atoms with van der Waals surface area (Å²) in [6.07, 6.45) is 7.53. The molecule has 2 heterocycles. The monoisotopic (exact) mass is 387 g/mol. The zero-order chi connectivity index (χ0) is 13.2. The Labute approximate surface area is 131 Å². The van der Waals surface area contributed by atoms with Crippen LogP contribution in [-0.2, 0) is 0 Å². The first-order valence-electron chi connectivity index (χ1n) is 7.04. The van der Waals surface area contributed by atoms with E-state index >= 15 is 0 Å². The van der Waals surface area contributed by atoms with E-state index in [0.29, 0.717) is 0 Å². The SMILES string of the molecule is Brc1cnc(N2CCN(C3CCCC3)CC2)c(Br)c1. The molecule has 1 aliphatic carbocycles. The van der Waals surface area contributed by atoms with Gasteiger partial charge in [0.15, 0.2) is 0 Å². The summed E-state index contributed by atoms with van der Waals surface area (Å²) < 4.78 is 2.10. The highest BCUT2D eigenvalue weighted by atomic mass is 79.9. The molecule has 1 saturated heterocycles. The number of piperazine rings is 1. The molecule has 0 amide bonds. The molecule has 2 aliphatic rings. The molecule has 0 bridgehead atoms. The minimum atomic E-state index is 0.850. The van der Waals surface area contributed by atoms with Gasteiger partial charge in [-0.05, 0) is 50.8 Å². The Morgan fingerprint density at radius 1 is 1.05 bits per heavy atom. The van der Waals surface area contributed by atoms with Gasteiger partial charge >= 0.3 is 0 Å². The van der Waals surface area contributed by atoms with Crippen molar-refractivity contribution in [1.82, 2.24) is 9.88 Å². The van der Waals surface area contributed by atoms with Crippen LogP contribution in [0.3, 0.4) is 0 Å². The van der Waals surface area contributed by atoms with Gasteiger partial charge in [0, 0.05) is 42.9 Å². The van der Waals surface area contributed by atoms with Gasteiger partial charge in [-0.25, -0.2) is 4.98 Å². The Hall–Kier alpha value is -0.130. The molecule has 0 radical (unpaired) electrons. The highest BCUT2D eigenvalue weighted by Crippen LogP contribution is 2.29. The van der Waals surface area contributed by atoms with Crippen LogP contribution in [0.25, 0.3) is 0 Å². The Morgan fingerprint density at radius 3 is 2.37 bits per heavy atom.